The van der Waals surface area contributed by atoms with Gasteiger partial charge in [-0.3, -0.25) is 0 Å². The van der Waals surface area contributed by atoms with Crippen LogP contribution in [-0.2, 0) is 4.79 Å². The van der Waals surface area contributed by atoms with Crippen LogP contribution in [0.4, 0.5) is 14.5 Å². The lowest BCUT2D eigenvalue weighted by atomic mass is 10.1. The van der Waals surface area contributed by atoms with Gasteiger partial charge in [0.05, 0.1) is 18.4 Å². The van der Waals surface area contributed by atoms with Crippen LogP contribution in [0.25, 0.3) is 0 Å². The van der Waals surface area contributed by atoms with E-state index in [1.54, 1.807) is 12.1 Å². The molecule has 0 aliphatic heterocycles. The Balaban J connectivity index is 2.35. The number of carboxylic acids is 1. The Hall–Kier alpha value is -3.14. The summed E-state index contributed by atoms with van der Waals surface area (Å²) in [5.41, 5.74) is -0.462. The van der Waals surface area contributed by atoms with Crippen molar-refractivity contribution in [3.05, 3.63) is 59.2 Å². The molecule has 118 valence electrons. The molecule has 0 saturated heterocycles. The van der Waals surface area contributed by atoms with Gasteiger partial charge in [0.25, 0.3) is 0 Å². The monoisotopic (exact) mass is 318 g/mol. The van der Waals surface area contributed by atoms with Gasteiger partial charge in [0.1, 0.15) is 23.5 Å². The molecule has 0 aliphatic rings. The van der Waals surface area contributed by atoms with Gasteiger partial charge in [0, 0.05) is 6.07 Å². The maximum atomic E-state index is 13.9. The fourth-order valence-corrected chi connectivity index (χ4v) is 1.98. The Morgan fingerprint density at radius 2 is 1.91 bits per heavy atom. The van der Waals surface area contributed by atoms with E-state index in [4.69, 9.17) is 10.00 Å². The van der Waals surface area contributed by atoms with Crippen LogP contribution in [0.5, 0.6) is 5.75 Å². The SMILES string of the molecule is COc1ccc(C(Nc2cc(F)c(C#N)cc2F)C(=O)O)cc1. The average molecular weight is 318 g/mol. The van der Waals surface area contributed by atoms with Crippen molar-refractivity contribution in [2.75, 3.05) is 12.4 Å². The Labute approximate surface area is 130 Å². The van der Waals surface area contributed by atoms with E-state index >= 15 is 0 Å². The molecule has 0 fully saturated rings. The topological polar surface area (TPSA) is 82.3 Å². The Morgan fingerprint density at radius 1 is 1.26 bits per heavy atom. The van der Waals surface area contributed by atoms with Gasteiger partial charge in [-0.25, -0.2) is 13.6 Å². The Bertz CT molecular complexity index is 770. The second kappa shape index (κ2) is 6.75. The molecule has 0 heterocycles. The number of hydrogen-bond acceptors (Lipinski definition) is 4. The van der Waals surface area contributed by atoms with Crippen LogP contribution in [0.1, 0.15) is 17.2 Å². The van der Waals surface area contributed by atoms with Crippen LogP contribution in [0.3, 0.4) is 0 Å². The van der Waals surface area contributed by atoms with Gasteiger partial charge < -0.3 is 15.2 Å². The number of halogens is 2. The molecule has 0 aromatic heterocycles. The molecule has 0 aliphatic carbocycles. The van der Waals surface area contributed by atoms with E-state index in [2.05, 4.69) is 5.32 Å². The maximum Gasteiger partial charge on any atom is 0.330 e. The maximum absolute atomic E-state index is 13.9. The van der Waals surface area contributed by atoms with E-state index in [0.717, 1.165) is 6.07 Å². The van der Waals surface area contributed by atoms with Gasteiger partial charge in [0.15, 0.2) is 6.04 Å². The number of carboxylic acid groups (broad SMARTS) is 1. The van der Waals surface area contributed by atoms with Crippen LogP contribution in [-0.4, -0.2) is 18.2 Å². The molecule has 0 bridgehead atoms. The van der Waals surface area contributed by atoms with E-state index in [9.17, 15) is 18.7 Å². The van der Waals surface area contributed by atoms with E-state index in [1.165, 1.54) is 25.3 Å². The van der Waals surface area contributed by atoms with Crippen molar-refractivity contribution < 1.29 is 23.4 Å². The quantitative estimate of drug-likeness (QED) is 0.885. The van der Waals surface area contributed by atoms with Gasteiger partial charge in [-0.1, -0.05) is 12.1 Å². The predicted molar refractivity (Wildman–Crippen MR) is 78.1 cm³/mol. The highest BCUT2D eigenvalue weighted by molar-refractivity contribution is 5.79. The first-order valence-corrected chi connectivity index (χ1v) is 6.48. The van der Waals surface area contributed by atoms with E-state index in [-0.39, 0.29) is 5.69 Å². The van der Waals surface area contributed by atoms with Gasteiger partial charge >= 0.3 is 5.97 Å². The highest BCUT2D eigenvalue weighted by Crippen LogP contribution is 2.26. The number of nitriles is 1. The van der Waals surface area contributed by atoms with E-state index in [1.807, 2.05) is 0 Å². The lowest BCUT2D eigenvalue weighted by Crippen LogP contribution is -2.21. The number of ether oxygens (including phenoxy) is 1. The summed E-state index contributed by atoms with van der Waals surface area (Å²) in [5.74, 6) is -2.58. The first-order valence-electron chi connectivity index (χ1n) is 6.48. The Kier molecular flexibility index (Phi) is 4.76. The Morgan fingerprint density at radius 3 is 2.43 bits per heavy atom. The third-order valence-electron chi connectivity index (χ3n) is 3.17. The summed E-state index contributed by atoms with van der Waals surface area (Å²) in [6.45, 7) is 0. The minimum absolute atomic E-state index is 0.336. The number of nitrogens with one attached hydrogen (secondary N) is 1. The van der Waals surface area contributed by atoms with Crippen molar-refractivity contribution in [3.8, 4) is 11.8 Å². The number of benzene rings is 2. The zero-order valence-electron chi connectivity index (χ0n) is 12.0. The lowest BCUT2D eigenvalue weighted by molar-refractivity contribution is -0.138. The second-order valence-electron chi connectivity index (χ2n) is 4.61. The summed E-state index contributed by atoms with van der Waals surface area (Å²) >= 11 is 0. The smallest absolute Gasteiger partial charge is 0.330 e. The average Bonchev–Trinajstić information content (AvgIpc) is 2.55. The van der Waals surface area contributed by atoms with Gasteiger partial charge in [-0.05, 0) is 23.8 Å². The predicted octanol–water partition coefficient (Wildman–Crippen LogP) is 3.08. The number of hydrogen-bond donors (Lipinski definition) is 2. The third kappa shape index (κ3) is 3.55. The molecule has 1 unspecified atom stereocenters. The minimum Gasteiger partial charge on any atom is -0.497 e. The molecule has 0 spiro atoms. The minimum atomic E-state index is -1.29. The molecular formula is C16H12F2N2O3. The molecule has 0 radical (unpaired) electrons. The molecular weight excluding hydrogens is 306 g/mol. The molecule has 0 amide bonds. The van der Waals surface area contributed by atoms with Crippen LogP contribution in [0.2, 0.25) is 0 Å². The summed E-state index contributed by atoms with van der Waals surface area (Å²) in [7, 11) is 1.47. The molecule has 2 rings (SSSR count). The van der Waals surface area contributed by atoms with Crippen LogP contribution < -0.4 is 10.1 Å². The number of anilines is 1. The molecule has 2 N–H and O–H groups in total. The van der Waals surface area contributed by atoms with Crippen LogP contribution >= 0.6 is 0 Å². The number of aliphatic carboxylic acids is 1. The van der Waals surface area contributed by atoms with Crippen molar-refractivity contribution in [3.63, 3.8) is 0 Å². The zero-order valence-corrected chi connectivity index (χ0v) is 12.0. The summed E-state index contributed by atoms with van der Waals surface area (Å²) in [6.07, 6.45) is 0. The second-order valence-corrected chi connectivity index (χ2v) is 4.61. The molecule has 0 saturated carbocycles. The first-order chi connectivity index (χ1) is 11.0. The van der Waals surface area contributed by atoms with Crippen molar-refractivity contribution in [2.45, 2.75) is 6.04 Å². The van der Waals surface area contributed by atoms with Crippen LogP contribution in [0, 0.1) is 23.0 Å². The number of nitrogens with zero attached hydrogens (tertiary/aromatic N) is 1. The van der Waals surface area contributed by atoms with Crippen molar-refractivity contribution in [2.24, 2.45) is 0 Å². The molecule has 23 heavy (non-hydrogen) atoms. The van der Waals surface area contributed by atoms with Gasteiger partial charge in [-0.2, -0.15) is 5.26 Å². The van der Waals surface area contributed by atoms with Gasteiger partial charge in [0.2, 0.25) is 0 Å². The van der Waals surface area contributed by atoms with E-state index < -0.39 is 29.2 Å². The van der Waals surface area contributed by atoms with Crippen molar-refractivity contribution >= 4 is 11.7 Å². The number of methoxy groups -OCH3 is 1. The highest BCUT2D eigenvalue weighted by Gasteiger charge is 2.22. The van der Waals surface area contributed by atoms with Crippen LogP contribution in [0.15, 0.2) is 36.4 Å². The summed E-state index contributed by atoms with van der Waals surface area (Å²) in [5, 5.41) is 20.4. The summed E-state index contributed by atoms with van der Waals surface area (Å²) < 4.78 is 32.5. The fraction of sp³-hybridized carbons (Fsp3) is 0.125. The normalized spacial score (nSPS) is 11.4. The first kappa shape index (κ1) is 16.2. The fourth-order valence-electron chi connectivity index (χ4n) is 1.98. The molecule has 5 nitrogen and oxygen atoms in total. The largest absolute Gasteiger partial charge is 0.497 e. The number of rotatable bonds is 5. The van der Waals surface area contributed by atoms with Gasteiger partial charge in [-0.15, -0.1) is 0 Å². The van der Waals surface area contributed by atoms with E-state index in [0.29, 0.717) is 17.4 Å². The molecule has 7 heteroatoms. The highest BCUT2D eigenvalue weighted by atomic mass is 19.1. The summed E-state index contributed by atoms with van der Waals surface area (Å²) in [4.78, 5) is 11.4. The molecule has 2 aromatic carbocycles. The van der Waals surface area contributed by atoms with Crippen molar-refractivity contribution in [1.82, 2.24) is 0 Å². The zero-order chi connectivity index (χ0) is 17.0. The lowest BCUT2D eigenvalue weighted by Gasteiger charge is -2.17. The number of carbonyl (C=O) groups is 1. The molecule has 2 aromatic rings. The summed E-state index contributed by atoms with van der Waals surface area (Å²) in [6, 6.07) is 7.81. The standard InChI is InChI=1S/C16H12F2N2O3/c1-23-11-4-2-9(3-5-11)15(16(21)22)20-14-7-12(17)10(8-19)6-13(14)18/h2-7,15,20H,1H3,(H,21,22). The molecule has 1 atom stereocenters. The third-order valence-corrected chi connectivity index (χ3v) is 3.17. The van der Waals surface area contributed by atoms with Crippen molar-refractivity contribution in [1.29, 1.82) is 5.26 Å².